The number of hydrogen-bond donors (Lipinski definition) is 1. The Morgan fingerprint density at radius 2 is 1.81 bits per heavy atom. The minimum Gasteiger partial charge on any atom is -0.468 e. The Labute approximate surface area is 93.8 Å². The smallest absolute Gasteiger partial charge is 0.334 e. The van der Waals surface area contributed by atoms with Crippen molar-refractivity contribution in [2.24, 2.45) is 0 Å². The van der Waals surface area contributed by atoms with Gasteiger partial charge in [-0.1, -0.05) is 30.3 Å². The van der Waals surface area contributed by atoms with E-state index in [1.54, 1.807) is 18.2 Å². The molecule has 1 unspecified atom stereocenters. The zero-order valence-corrected chi connectivity index (χ0v) is 9.69. The summed E-state index contributed by atoms with van der Waals surface area (Å²) in [6.07, 6.45) is 0. The van der Waals surface area contributed by atoms with Crippen molar-refractivity contribution in [2.45, 2.75) is 11.7 Å². The lowest BCUT2D eigenvalue weighted by Crippen LogP contribution is -2.41. The fraction of sp³-hybridized carbons (Fsp3) is 0.300. The van der Waals surface area contributed by atoms with Gasteiger partial charge in [0.15, 0.2) is 0 Å². The highest BCUT2D eigenvalue weighted by atomic mass is 32.2. The van der Waals surface area contributed by atoms with Gasteiger partial charge in [0, 0.05) is 0 Å². The van der Waals surface area contributed by atoms with Crippen LogP contribution in [0.15, 0.2) is 30.3 Å². The Hall–Kier alpha value is -1.40. The highest BCUT2D eigenvalue weighted by Gasteiger charge is 2.48. The largest absolute Gasteiger partial charge is 0.468 e. The molecule has 0 aromatic heterocycles. The molecule has 0 aliphatic rings. The summed E-state index contributed by atoms with van der Waals surface area (Å²) in [6.45, 7) is 1.10. The van der Waals surface area contributed by atoms with Crippen molar-refractivity contribution in [1.82, 2.24) is 0 Å². The normalized spacial score (nSPS) is 15.2. The van der Waals surface area contributed by atoms with Crippen molar-refractivity contribution >= 4 is 16.1 Å². The molecular formula is C10H12O5S. The van der Waals surface area contributed by atoms with Crippen molar-refractivity contribution < 1.29 is 22.5 Å². The second kappa shape index (κ2) is 4.23. The van der Waals surface area contributed by atoms with Gasteiger partial charge in [-0.2, -0.15) is 8.42 Å². The third-order valence-corrected chi connectivity index (χ3v) is 3.85. The first kappa shape index (κ1) is 12.7. The van der Waals surface area contributed by atoms with Crippen LogP contribution in [0.3, 0.4) is 0 Å². The average molecular weight is 244 g/mol. The van der Waals surface area contributed by atoms with Crippen LogP contribution in [0.2, 0.25) is 0 Å². The van der Waals surface area contributed by atoms with E-state index in [0.717, 1.165) is 14.0 Å². The third kappa shape index (κ3) is 1.94. The zero-order chi connectivity index (χ0) is 12.4. The summed E-state index contributed by atoms with van der Waals surface area (Å²) in [5.74, 6) is -1.03. The molecule has 1 aromatic carbocycles. The first-order valence-electron chi connectivity index (χ1n) is 4.45. The Kier molecular flexibility index (Phi) is 3.35. The van der Waals surface area contributed by atoms with E-state index in [1.165, 1.54) is 12.1 Å². The fourth-order valence-electron chi connectivity index (χ4n) is 1.32. The van der Waals surface area contributed by atoms with Crippen LogP contribution in [0.1, 0.15) is 12.5 Å². The molecule has 0 aliphatic carbocycles. The number of carbonyl (C=O) groups is 1. The van der Waals surface area contributed by atoms with Gasteiger partial charge in [0.1, 0.15) is 0 Å². The Morgan fingerprint density at radius 1 is 1.31 bits per heavy atom. The molecule has 1 N–H and O–H groups in total. The monoisotopic (exact) mass is 244 g/mol. The first-order chi connectivity index (χ1) is 7.34. The van der Waals surface area contributed by atoms with E-state index < -0.39 is 20.8 Å². The van der Waals surface area contributed by atoms with E-state index in [4.69, 9.17) is 4.55 Å². The second-order valence-corrected chi connectivity index (χ2v) is 5.13. The molecule has 1 aromatic rings. The van der Waals surface area contributed by atoms with Gasteiger partial charge < -0.3 is 4.74 Å². The SMILES string of the molecule is COC(=O)C(C)(c1ccccc1)S(=O)(=O)O. The molecule has 0 saturated carbocycles. The molecule has 1 atom stereocenters. The first-order valence-corrected chi connectivity index (χ1v) is 5.89. The summed E-state index contributed by atoms with van der Waals surface area (Å²) in [6, 6.07) is 7.68. The molecule has 0 amide bonds. The minimum absolute atomic E-state index is 0.157. The van der Waals surface area contributed by atoms with E-state index in [1.807, 2.05) is 0 Å². The fourth-order valence-corrected chi connectivity index (χ4v) is 2.05. The standard InChI is InChI=1S/C10H12O5S/c1-10(9(11)15-2,16(12,13)14)8-6-4-3-5-7-8/h3-7H,1-2H3,(H,12,13,14). The van der Waals surface area contributed by atoms with Crippen LogP contribution in [-0.4, -0.2) is 26.0 Å². The summed E-state index contributed by atoms with van der Waals surface area (Å²) in [5, 5.41) is 0. The Bertz CT molecular complexity index is 479. The molecule has 5 nitrogen and oxygen atoms in total. The number of carbonyl (C=O) groups excluding carboxylic acids is 1. The molecular weight excluding hydrogens is 232 g/mol. The molecule has 0 spiro atoms. The van der Waals surface area contributed by atoms with E-state index in [9.17, 15) is 13.2 Å². The highest BCUT2D eigenvalue weighted by molar-refractivity contribution is 7.87. The summed E-state index contributed by atoms with van der Waals surface area (Å²) in [4.78, 5) is 11.5. The van der Waals surface area contributed by atoms with Crippen molar-refractivity contribution in [1.29, 1.82) is 0 Å². The summed E-state index contributed by atoms with van der Waals surface area (Å²) in [5.41, 5.74) is 0.157. The van der Waals surface area contributed by atoms with E-state index in [2.05, 4.69) is 4.74 Å². The Morgan fingerprint density at radius 3 is 2.19 bits per heavy atom. The maximum Gasteiger partial charge on any atom is 0.334 e. The zero-order valence-electron chi connectivity index (χ0n) is 8.88. The number of rotatable bonds is 3. The van der Waals surface area contributed by atoms with Crippen LogP contribution in [0.4, 0.5) is 0 Å². The Balaban J connectivity index is 3.45. The van der Waals surface area contributed by atoms with Gasteiger partial charge in [-0.05, 0) is 12.5 Å². The number of esters is 1. The van der Waals surface area contributed by atoms with Gasteiger partial charge >= 0.3 is 5.97 Å². The molecule has 0 heterocycles. The van der Waals surface area contributed by atoms with Gasteiger partial charge in [0.2, 0.25) is 4.75 Å². The molecule has 1 rings (SSSR count). The van der Waals surface area contributed by atoms with Crippen LogP contribution in [0.5, 0.6) is 0 Å². The van der Waals surface area contributed by atoms with Crippen molar-refractivity contribution in [3.05, 3.63) is 35.9 Å². The van der Waals surface area contributed by atoms with Gasteiger partial charge in [-0.3, -0.25) is 4.55 Å². The average Bonchev–Trinajstić information content (AvgIpc) is 2.26. The van der Waals surface area contributed by atoms with Gasteiger partial charge in [-0.25, -0.2) is 4.79 Å². The molecule has 88 valence electrons. The maximum absolute atomic E-state index is 11.5. The maximum atomic E-state index is 11.5. The highest BCUT2D eigenvalue weighted by Crippen LogP contribution is 2.30. The van der Waals surface area contributed by atoms with Gasteiger partial charge in [0.25, 0.3) is 10.1 Å². The lowest BCUT2D eigenvalue weighted by atomic mass is 10.0. The summed E-state index contributed by atoms with van der Waals surface area (Å²) >= 11 is 0. The number of methoxy groups -OCH3 is 1. The summed E-state index contributed by atoms with van der Waals surface area (Å²) in [7, 11) is -3.54. The second-order valence-electron chi connectivity index (χ2n) is 3.37. The topological polar surface area (TPSA) is 80.7 Å². The number of benzene rings is 1. The molecule has 0 saturated heterocycles. The van der Waals surface area contributed by atoms with E-state index in [-0.39, 0.29) is 5.56 Å². The molecule has 0 aliphatic heterocycles. The van der Waals surface area contributed by atoms with Gasteiger partial charge in [-0.15, -0.1) is 0 Å². The van der Waals surface area contributed by atoms with Crippen LogP contribution in [-0.2, 0) is 24.4 Å². The van der Waals surface area contributed by atoms with Gasteiger partial charge in [0.05, 0.1) is 7.11 Å². The van der Waals surface area contributed by atoms with Crippen molar-refractivity contribution in [2.75, 3.05) is 7.11 Å². The lowest BCUT2D eigenvalue weighted by Gasteiger charge is -2.23. The molecule has 6 heteroatoms. The van der Waals surface area contributed by atoms with Crippen LogP contribution >= 0.6 is 0 Å². The molecule has 0 fully saturated rings. The minimum atomic E-state index is -4.60. The van der Waals surface area contributed by atoms with Crippen LogP contribution < -0.4 is 0 Å². The molecule has 0 radical (unpaired) electrons. The predicted molar refractivity (Wildman–Crippen MR) is 57.4 cm³/mol. The van der Waals surface area contributed by atoms with E-state index in [0.29, 0.717) is 0 Å². The third-order valence-electron chi connectivity index (χ3n) is 2.42. The lowest BCUT2D eigenvalue weighted by molar-refractivity contribution is -0.143. The number of hydrogen-bond acceptors (Lipinski definition) is 4. The van der Waals surface area contributed by atoms with Crippen molar-refractivity contribution in [3.8, 4) is 0 Å². The van der Waals surface area contributed by atoms with E-state index >= 15 is 0 Å². The quantitative estimate of drug-likeness (QED) is 0.632. The predicted octanol–water partition coefficient (Wildman–Crippen LogP) is 0.963. The van der Waals surface area contributed by atoms with Crippen LogP contribution in [0, 0.1) is 0 Å². The van der Waals surface area contributed by atoms with Crippen molar-refractivity contribution in [3.63, 3.8) is 0 Å². The number of ether oxygens (including phenoxy) is 1. The van der Waals surface area contributed by atoms with Crippen LogP contribution in [0.25, 0.3) is 0 Å². The molecule has 16 heavy (non-hydrogen) atoms. The summed E-state index contributed by atoms with van der Waals surface area (Å²) < 4.78 is 34.1. The molecule has 0 bridgehead atoms.